The molecule has 1 aromatic heterocycles. The molecule has 2 amide bonds. The Kier molecular flexibility index (Phi) is 5.91. The monoisotopic (exact) mass is 399 g/mol. The average Bonchev–Trinajstić information content (AvgIpc) is 3.14. The molecule has 1 aromatic carbocycles. The van der Waals surface area contributed by atoms with Crippen molar-refractivity contribution in [3.05, 3.63) is 41.3 Å². The zero-order chi connectivity index (χ0) is 20.1. The lowest BCUT2D eigenvalue weighted by Gasteiger charge is -2.29. The molecule has 28 heavy (non-hydrogen) atoms. The van der Waals surface area contributed by atoms with Crippen LogP contribution in [0.15, 0.2) is 35.7 Å². The van der Waals surface area contributed by atoms with Crippen molar-refractivity contribution in [1.82, 2.24) is 0 Å². The first-order valence-corrected chi connectivity index (χ1v) is 9.37. The lowest BCUT2D eigenvalue weighted by atomic mass is 10.2. The highest BCUT2D eigenvalue weighted by Gasteiger charge is 2.26. The van der Waals surface area contributed by atoms with E-state index in [0.717, 1.165) is 0 Å². The Hall–Kier alpha value is -3.38. The largest absolute Gasteiger partial charge is 0.482 e. The van der Waals surface area contributed by atoms with Crippen molar-refractivity contribution in [3.63, 3.8) is 0 Å². The van der Waals surface area contributed by atoms with Gasteiger partial charge in [0.05, 0.1) is 17.7 Å². The molecule has 2 aromatic rings. The van der Waals surface area contributed by atoms with Crippen LogP contribution in [0.25, 0.3) is 0 Å². The second kappa shape index (κ2) is 8.54. The summed E-state index contributed by atoms with van der Waals surface area (Å²) >= 11 is 1.21. The summed E-state index contributed by atoms with van der Waals surface area (Å²) in [5, 5.41) is 13.6. The molecule has 9 heteroatoms. The SMILES string of the molecule is C[C@@H](OC(=O)CCN1C(=O)COc2ccccc21)C(=O)Nc1sccc1C#N. The van der Waals surface area contributed by atoms with Gasteiger partial charge >= 0.3 is 5.97 Å². The second-order valence-electron chi connectivity index (χ2n) is 5.95. The van der Waals surface area contributed by atoms with E-state index in [0.29, 0.717) is 22.0 Å². The molecule has 0 saturated carbocycles. The van der Waals surface area contributed by atoms with Gasteiger partial charge in [0.15, 0.2) is 12.7 Å². The Balaban J connectivity index is 1.54. The number of hydrogen-bond donors (Lipinski definition) is 1. The predicted octanol–water partition coefficient (Wildman–Crippen LogP) is 2.31. The lowest BCUT2D eigenvalue weighted by Crippen LogP contribution is -2.40. The minimum Gasteiger partial charge on any atom is -0.482 e. The van der Waals surface area contributed by atoms with Gasteiger partial charge in [0, 0.05) is 6.54 Å². The first-order valence-electron chi connectivity index (χ1n) is 8.49. The maximum Gasteiger partial charge on any atom is 0.308 e. The molecule has 0 unspecified atom stereocenters. The zero-order valence-corrected chi connectivity index (χ0v) is 15.8. The average molecular weight is 399 g/mol. The van der Waals surface area contributed by atoms with E-state index in [1.165, 1.54) is 23.2 Å². The third kappa shape index (κ3) is 4.29. The fraction of sp³-hybridized carbons (Fsp3) is 0.263. The van der Waals surface area contributed by atoms with Crippen LogP contribution in [0.1, 0.15) is 18.9 Å². The fourth-order valence-electron chi connectivity index (χ4n) is 2.62. The van der Waals surface area contributed by atoms with Crippen molar-refractivity contribution in [2.24, 2.45) is 0 Å². The quantitative estimate of drug-likeness (QED) is 0.747. The Bertz CT molecular complexity index is 949. The van der Waals surface area contributed by atoms with Crippen LogP contribution in [0.3, 0.4) is 0 Å². The molecule has 0 spiro atoms. The van der Waals surface area contributed by atoms with E-state index in [1.807, 2.05) is 6.07 Å². The van der Waals surface area contributed by atoms with E-state index in [4.69, 9.17) is 14.7 Å². The topological polar surface area (TPSA) is 109 Å². The molecule has 144 valence electrons. The minimum absolute atomic E-state index is 0.0693. The highest BCUT2D eigenvalue weighted by Crippen LogP contribution is 2.31. The van der Waals surface area contributed by atoms with E-state index in [2.05, 4.69) is 5.32 Å². The van der Waals surface area contributed by atoms with Gasteiger partial charge < -0.3 is 19.7 Å². The number of fused-ring (bicyclic) bond motifs is 1. The first-order chi connectivity index (χ1) is 13.5. The lowest BCUT2D eigenvalue weighted by molar-refractivity contribution is -0.152. The number of benzene rings is 1. The van der Waals surface area contributed by atoms with Crippen molar-refractivity contribution in [1.29, 1.82) is 5.26 Å². The third-order valence-electron chi connectivity index (χ3n) is 4.05. The smallest absolute Gasteiger partial charge is 0.308 e. The molecule has 0 radical (unpaired) electrons. The number of hydrogen-bond acceptors (Lipinski definition) is 7. The number of amides is 2. The van der Waals surface area contributed by atoms with Gasteiger partial charge in [-0.1, -0.05) is 12.1 Å². The Morgan fingerprint density at radius 2 is 2.18 bits per heavy atom. The van der Waals surface area contributed by atoms with E-state index >= 15 is 0 Å². The molecule has 1 aliphatic heterocycles. The van der Waals surface area contributed by atoms with Crippen LogP contribution < -0.4 is 15.0 Å². The molecular weight excluding hydrogens is 382 g/mol. The standard InChI is InChI=1S/C19H17N3O5S/c1-12(18(25)21-19-13(10-20)7-9-28-19)27-17(24)6-8-22-14-4-2-3-5-15(14)26-11-16(22)23/h2-5,7,9,12H,6,8,11H2,1H3,(H,21,25)/t12-/m1/s1. The van der Waals surface area contributed by atoms with Gasteiger partial charge in [-0.3, -0.25) is 14.4 Å². The second-order valence-corrected chi connectivity index (χ2v) is 6.86. The van der Waals surface area contributed by atoms with Crippen LogP contribution >= 0.6 is 11.3 Å². The van der Waals surface area contributed by atoms with Crippen molar-refractivity contribution >= 4 is 39.8 Å². The molecule has 0 bridgehead atoms. The van der Waals surface area contributed by atoms with Crippen LogP contribution in [0.2, 0.25) is 0 Å². The molecule has 3 rings (SSSR count). The van der Waals surface area contributed by atoms with Crippen molar-refractivity contribution in [2.45, 2.75) is 19.4 Å². The van der Waals surface area contributed by atoms with E-state index in [9.17, 15) is 14.4 Å². The molecule has 2 heterocycles. The molecule has 0 saturated heterocycles. The summed E-state index contributed by atoms with van der Waals surface area (Å²) in [5.41, 5.74) is 0.945. The number of nitriles is 1. The van der Waals surface area contributed by atoms with Gasteiger partial charge in [-0.05, 0) is 30.5 Å². The molecule has 8 nitrogen and oxygen atoms in total. The molecule has 0 fully saturated rings. The molecule has 1 aliphatic rings. The maximum absolute atomic E-state index is 12.2. The van der Waals surface area contributed by atoms with Gasteiger partial charge in [-0.2, -0.15) is 5.26 Å². The summed E-state index contributed by atoms with van der Waals surface area (Å²) in [6.07, 6.45) is -1.10. The number of nitrogens with zero attached hydrogens (tertiary/aromatic N) is 2. The van der Waals surface area contributed by atoms with Crippen molar-refractivity contribution in [2.75, 3.05) is 23.4 Å². The number of thiophene rings is 1. The normalized spacial score (nSPS) is 13.7. The minimum atomic E-state index is -1.03. The van der Waals surface area contributed by atoms with Crippen LogP contribution in [0, 0.1) is 11.3 Å². The number of carbonyl (C=O) groups is 3. The number of carbonyl (C=O) groups excluding carboxylic acids is 3. The number of ether oxygens (including phenoxy) is 2. The van der Waals surface area contributed by atoms with Crippen molar-refractivity contribution in [3.8, 4) is 11.8 Å². The molecule has 1 atom stereocenters. The Morgan fingerprint density at radius 1 is 1.39 bits per heavy atom. The van der Waals surface area contributed by atoms with Gasteiger partial charge in [0.2, 0.25) is 0 Å². The summed E-state index contributed by atoms with van der Waals surface area (Å²) in [6.45, 7) is 1.48. The van der Waals surface area contributed by atoms with E-state index in [-0.39, 0.29) is 25.5 Å². The Labute approximate surface area is 165 Å². The first kappa shape index (κ1) is 19.4. The third-order valence-corrected chi connectivity index (χ3v) is 4.88. The number of anilines is 2. The summed E-state index contributed by atoms with van der Waals surface area (Å²) in [6, 6.07) is 10.6. The van der Waals surface area contributed by atoms with E-state index < -0.39 is 18.0 Å². The number of rotatable bonds is 6. The van der Waals surface area contributed by atoms with Gasteiger partial charge in [0.25, 0.3) is 11.8 Å². The van der Waals surface area contributed by atoms with Crippen LogP contribution in [0.5, 0.6) is 5.75 Å². The molecular formula is C19H17N3O5S. The number of esters is 1. The maximum atomic E-state index is 12.2. The highest BCUT2D eigenvalue weighted by molar-refractivity contribution is 7.14. The molecule has 0 aliphatic carbocycles. The van der Waals surface area contributed by atoms with Gasteiger partial charge in [-0.25, -0.2) is 0 Å². The van der Waals surface area contributed by atoms with E-state index in [1.54, 1.807) is 35.7 Å². The summed E-state index contributed by atoms with van der Waals surface area (Å²) in [5.74, 6) is -0.808. The number of nitrogens with one attached hydrogen (secondary N) is 1. The van der Waals surface area contributed by atoms with Crippen LogP contribution in [-0.4, -0.2) is 37.0 Å². The predicted molar refractivity (Wildman–Crippen MR) is 102 cm³/mol. The summed E-state index contributed by atoms with van der Waals surface area (Å²) in [4.78, 5) is 37.9. The fourth-order valence-corrected chi connectivity index (χ4v) is 3.36. The van der Waals surface area contributed by atoms with Crippen LogP contribution in [0.4, 0.5) is 10.7 Å². The zero-order valence-electron chi connectivity index (χ0n) is 15.0. The molecule has 1 N–H and O–H groups in total. The van der Waals surface area contributed by atoms with Crippen molar-refractivity contribution < 1.29 is 23.9 Å². The summed E-state index contributed by atoms with van der Waals surface area (Å²) in [7, 11) is 0. The highest BCUT2D eigenvalue weighted by atomic mass is 32.1. The Morgan fingerprint density at radius 3 is 2.96 bits per heavy atom. The van der Waals surface area contributed by atoms with Gasteiger partial charge in [0.1, 0.15) is 16.8 Å². The summed E-state index contributed by atoms with van der Waals surface area (Å²) < 4.78 is 10.5. The number of para-hydroxylation sites is 2. The van der Waals surface area contributed by atoms with Gasteiger partial charge in [-0.15, -0.1) is 11.3 Å². The van der Waals surface area contributed by atoms with Crippen LogP contribution in [-0.2, 0) is 19.1 Å².